The van der Waals surface area contributed by atoms with E-state index in [1.54, 1.807) is 25.1 Å². The van der Waals surface area contributed by atoms with E-state index in [4.69, 9.17) is 4.84 Å². The van der Waals surface area contributed by atoms with Crippen LogP contribution in [0.15, 0.2) is 63.5 Å². The highest BCUT2D eigenvalue weighted by atomic mass is 32.2. The zero-order valence-corrected chi connectivity index (χ0v) is 24.2. The second-order valence-corrected chi connectivity index (χ2v) is 11.8. The van der Waals surface area contributed by atoms with Crippen molar-refractivity contribution in [1.82, 2.24) is 9.45 Å². The van der Waals surface area contributed by atoms with E-state index >= 15 is 0 Å². The van der Waals surface area contributed by atoms with Crippen LogP contribution < -0.4 is 14.9 Å². The lowest BCUT2D eigenvalue weighted by molar-refractivity contribution is -0.110. The second kappa shape index (κ2) is 11.4. The summed E-state index contributed by atoms with van der Waals surface area (Å²) in [5.74, 6) is -1.07. The van der Waals surface area contributed by atoms with Crippen LogP contribution in [0.5, 0.6) is 0 Å². The number of carbonyl (C=O) groups is 1. The molecule has 13 nitrogen and oxygen atoms in total. The summed E-state index contributed by atoms with van der Waals surface area (Å²) in [7, 11) is -3.07. The smallest absolute Gasteiger partial charge is 0.291 e. The molecule has 5 rings (SSSR count). The fourth-order valence-electron chi connectivity index (χ4n) is 4.81. The van der Waals surface area contributed by atoms with E-state index in [0.717, 1.165) is 44.3 Å². The Kier molecular flexibility index (Phi) is 7.95. The first-order valence-electron chi connectivity index (χ1n) is 12.7. The molecule has 2 aliphatic rings. The molecule has 0 spiro atoms. The maximum absolute atomic E-state index is 13.9. The van der Waals surface area contributed by atoms with Gasteiger partial charge < -0.3 is 15.2 Å². The average molecular weight is 600 g/mol. The van der Waals surface area contributed by atoms with Gasteiger partial charge in [-0.25, -0.2) is 14.2 Å². The van der Waals surface area contributed by atoms with Crippen LogP contribution in [0, 0.1) is 6.92 Å². The van der Waals surface area contributed by atoms with Crippen molar-refractivity contribution in [3.8, 4) is 0 Å². The second-order valence-electron chi connectivity index (χ2n) is 9.33. The van der Waals surface area contributed by atoms with Crippen LogP contribution in [-0.2, 0) is 37.3 Å². The first-order valence-corrected chi connectivity index (χ1v) is 15.3. The molecular formula is C26H29N7O6S2. The minimum atomic E-state index is -4.23. The highest BCUT2D eigenvalue weighted by Gasteiger charge is 2.40. The fourth-order valence-corrected chi connectivity index (χ4v) is 6.46. The number of aliphatic imine (C=N–C) groups is 2. The van der Waals surface area contributed by atoms with Crippen LogP contribution in [0.2, 0.25) is 0 Å². The molecule has 0 radical (unpaired) electrons. The number of hydrogen-bond donors (Lipinski definition) is 4. The van der Waals surface area contributed by atoms with Gasteiger partial charge in [0.2, 0.25) is 5.84 Å². The van der Waals surface area contributed by atoms with Gasteiger partial charge in [-0.2, -0.15) is 8.42 Å². The Morgan fingerprint density at radius 1 is 1.24 bits per heavy atom. The number of nitrogens with zero attached hydrogens (tertiary/aromatic N) is 4. The van der Waals surface area contributed by atoms with Gasteiger partial charge in [0.15, 0.2) is 11.5 Å². The Hall–Kier alpha value is -4.05. The summed E-state index contributed by atoms with van der Waals surface area (Å²) in [6.45, 7) is 5.64. The van der Waals surface area contributed by atoms with Gasteiger partial charge in [-0.15, -0.1) is 4.47 Å². The molecule has 41 heavy (non-hydrogen) atoms. The summed E-state index contributed by atoms with van der Waals surface area (Å²) >= 11 is -2.32. The third-order valence-corrected chi connectivity index (χ3v) is 8.81. The van der Waals surface area contributed by atoms with Crippen molar-refractivity contribution in [2.24, 2.45) is 9.98 Å². The van der Waals surface area contributed by atoms with Crippen molar-refractivity contribution in [2.45, 2.75) is 31.6 Å². The summed E-state index contributed by atoms with van der Waals surface area (Å²) < 4.78 is 50.1. The third-order valence-electron chi connectivity index (χ3n) is 6.76. The maximum Gasteiger partial charge on any atom is 0.291 e. The van der Waals surface area contributed by atoms with Crippen LogP contribution in [-0.4, -0.2) is 64.3 Å². The van der Waals surface area contributed by atoms with Crippen molar-refractivity contribution in [3.63, 3.8) is 0 Å². The van der Waals surface area contributed by atoms with Crippen LogP contribution in [0.25, 0.3) is 0 Å². The molecule has 3 aromatic rings. The Balaban J connectivity index is 1.62. The highest BCUT2D eigenvalue weighted by molar-refractivity contribution is 7.90. The van der Waals surface area contributed by atoms with Crippen molar-refractivity contribution in [2.75, 3.05) is 35.1 Å². The van der Waals surface area contributed by atoms with Gasteiger partial charge in [-0.3, -0.25) is 18.9 Å². The molecule has 1 atom stereocenters. The zero-order chi connectivity index (χ0) is 29.3. The Morgan fingerprint density at radius 2 is 2.05 bits per heavy atom. The molecule has 1 aromatic heterocycles. The van der Waals surface area contributed by atoms with Crippen LogP contribution in [0.4, 0.5) is 28.6 Å². The predicted octanol–water partition coefficient (Wildman–Crippen LogP) is 3.65. The lowest BCUT2D eigenvalue weighted by atomic mass is 10.0. The summed E-state index contributed by atoms with van der Waals surface area (Å²) in [5, 5.41) is 2.74. The summed E-state index contributed by atoms with van der Waals surface area (Å²) in [4.78, 5) is 33.0. The number of hydrogen-bond acceptors (Lipinski definition) is 8. The molecule has 1 amide bonds. The molecule has 2 aliphatic heterocycles. The first-order chi connectivity index (χ1) is 19.6. The number of aryl methyl sites for hydroxylation is 2. The van der Waals surface area contributed by atoms with Gasteiger partial charge in [0.25, 0.3) is 27.2 Å². The van der Waals surface area contributed by atoms with E-state index in [-0.39, 0.29) is 27.9 Å². The number of nitrogens with one attached hydrogen (secondary N) is 3. The summed E-state index contributed by atoms with van der Waals surface area (Å²) in [6.07, 6.45) is 3.24. The largest absolute Gasteiger partial charge is 0.372 e. The van der Waals surface area contributed by atoms with E-state index in [0.29, 0.717) is 21.4 Å². The minimum absolute atomic E-state index is 0.0330. The number of carbonyl (C=O) groups excluding carboxylic acids is 1. The van der Waals surface area contributed by atoms with Crippen LogP contribution in [0.1, 0.15) is 24.5 Å². The normalized spacial score (nSPS) is 16.9. The third kappa shape index (κ3) is 5.61. The molecule has 2 aromatic carbocycles. The number of sulfonamides is 1. The van der Waals surface area contributed by atoms with Crippen LogP contribution in [0.3, 0.4) is 0 Å². The Labute approximate surface area is 239 Å². The predicted molar refractivity (Wildman–Crippen MR) is 158 cm³/mol. The number of amidine groups is 1. The number of aromatic amines is 1. The quantitative estimate of drug-likeness (QED) is 0.226. The number of benzene rings is 2. The number of hydroxylamine groups is 1. The van der Waals surface area contributed by atoms with Crippen molar-refractivity contribution < 1.29 is 26.8 Å². The van der Waals surface area contributed by atoms with Gasteiger partial charge in [-0.05, 0) is 74.2 Å². The fraction of sp³-hybridized carbons (Fsp3) is 0.269. The van der Waals surface area contributed by atoms with E-state index in [1.807, 2.05) is 12.1 Å². The van der Waals surface area contributed by atoms with E-state index < -0.39 is 27.2 Å². The number of aromatic nitrogens is 1. The SMILES string of the molecule is CCN1CCCc2cc(N=C(C(=O)Nc3cc(NS(=O)O)ccc3C)C3=Nc4[nH]ccc4S(=O)(=O)N3OC)ccc21. The van der Waals surface area contributed by atoms with Gasteiger partial charge in [-0.1, -0.05) is 6.07 Å². The van der Waals surface area contributed by atoms with Crippen molar-refractivity contribution in [1.29, 1.82) is 0 Å². The van der Waals surface area contributed by atoms with E-state index in [2.05, 4.69) is 36.8 Å². The molecule has 0 saturated heterocycles. The summed E-state index contributed by atoms with van der Waals surface area (Å²) in [6, 6.07) is 11.7. The molecule has 0 bridgehead atoms. The Bertz CT molecular complexity index is 1700. The molecular weight excluding hydrogens is 570 g/mol. The van der Waals surface area contributed by atoms with Crippen molar-refractivity contribution in [3.05, 3.63) is 59.8 Å². The number of fused-ring (bicyclic) bond motifs is 2. The average Bonchev–Trinajstić information content (AvgIpc) is 3.42. The minimum Gasteiger partial charge on any atom is -0.372 e. The lowest BCUT2D eigenvalue weighted by Gasteiger charge is -2.30. The van der Waals surface area contributed by atoms with Gasteiger partial charge in [0.1, 0.15) is 4.90 Å². The number of H-pyrrole nitrogens is 1. The molecule has 0 saturated carbocycles. The first kappa shape index (κ1) is 28.5. The van der Waals surface area contributed by atoms with Crippen LogP contribution >= 0.6 is 0 Å². The maximum atomic E-state index is 13.9. The molecule has 216 valence electrons. The monoisotopic (exact) mass is 599 g/mol. The van der Waals surface area contributed by atoms with Crippen molar-refractivity contribution >= 4 is 67.3 Å². The Morgan fingerprint density at radius 3 is 2.78 bits per heavy atom. The number of amides is 1. The molecule has 15 heteroatoms. The highest BCUT2D eigenvalue weighted by Crippen LogP contribution is 2.34. The van der Waals surface area contributed by atoms with Gasteiger partial charge >= 0.3 is 0 Å². The number of anilines is 3. The summed E-state index contributed by atoms with van der Waals surface area (Å²) in [5.41, 5.74) is 3.52. The molecule has 0 fully saturated rings. The molecule has 1 unspecified atom stereocenters. The lowest BCUT2D eigenvalue weighted by Crippen LogP contribution is -2.46. The zero-order valence-electron chi connectivity index (χ0n) is 22.5. The molecule has 0 aliphatic carbocycles. The van der Waals surface area contributed by atoms with E-state index in [1.165, 1.54) is 18.3 Å². The molecule has 4 N–H and O–H groups in total. The molecule has 3 heterocycles. The number of rotatable bonds is 8. The van der Waals surface area contributed by atoms with Gasteiger partial charge in [0, 0.05) is 30.7 Å². The van der Waals surface area contributed by atoms with E-state index in [9.17, 15) is 22.0 Å². The standard InChI is InChI=1S/C26H29N7O6S2/c1-4-32-13-5-6-17-14-18(9-10-21(17)32)28-23(25-30-24-22(11-12-27-24)41(37,38)33(25)39-3)26(34)29-20-15-19(31-40(35)36)8-7-16(20)2/h7-12,14-15,27,31H,4-6,13H2,1-3H3,(H,29,34)(H,35,36). The topological polar surface area (TPSA) is 169 Å². The van der Waals surface area contributed by atoms with Gasteiger partial charge in [0.05, 0.1) is 18.5 Å².